The summed E-state index contributed by atoms with van der Waals surface area (Å²) < 4.78 is 0. The van der Waals surface area contributed by atoms with Gasteiger partial charge in [0.15, 0.2) is 5.16 Å². The Kier molecular flexibility index (Phi) is 3.94. The van der Waals surface area contributed by atoms with Gasteiger partial charge in [-0.25, -0.2) is 14.8 Å². The fraction of sp³-hybridized carbons (Fsp3) is 0.0833. The topological polar surface area (TPSA) is 106 Å². The molecule has 7 nitrogen and oxygen atoms in total. The van der Waals surface area contributed by atoms with Crippen LogP contribution in [0.25, 0.3) is 0 Å². The molecule has 1 aromatic heterocycles. The van der Waals surface area contributed by atoms with Gasteiger partial charge in [0.25, 0.3) is 5.69 Å². The maximum atomic E-state index is 11.0. The third kappa shape index (κ3) is 3.09. The molecule has 1 heterocycles. The Morgan fingerprint density at radius 1 is 1.40 bits per heavy atom. The fourth-order valence-corrected chi connectivity index (χ4v) is 2.32. The molecular weight excluding hydrogens is 282 g/mol. The molecule has 20 heavy (non-hydrogen) atoms. The molecule has 102 valence electrons. The van der Waals surface area contributed by atoms with E-state index in [1.165, 1.54) is 18.2 Å². The molecule has 8 heteroatoms. The zero-order chi connectivity index (χ0) is 14.7. The number of nitro groups is 1. The summed E-state index contributed by atoms with van der Waals surface area (Å²) >= 11 is 1.15. The van der Waals surface area contributed by atoms with Gasteiger partial charge in [-0.1, -0.05) is 0 Å². The van der Waals surface area contributed by atoms with Gasteiger partial charge in [-0.15, -0.1) is 0 Å². The van der Waals surface area contributed by atoms with Crippen molar-refractivity contribution in [3.63, 3.8) is 0 Å². The van der Waals surface area contributed by atoms with Crippen LogP contribution >= 0.6 is 11.8 Å². The number of aromatic carboxylic acids is 1. The second kappa shape index (κ2) is 5.66. The lowest BCUT2D eigenvalue weighted by Crippen LogP contribution is -2.02. The second-order valence-electron chi connectivity index (χ2n) is 3.82. The van der Waals surface area contributed by atoms with E-state index in [1.807, 2.05) is 6.92 Å². The summed E-state index contributed by atoms with van der Waals surface area (Å²) in [4.78, 5) is 29.8. The van der Waals surface area contributed by atoms with Crippen LogP contribution in [0.15, 0.2) is 40.5 Å². The minimum Gasteiger partial charge on any atom is -0.477 e. The second-order valence-corrected chi connectivity index (χ2v) is 4.86. The Balaban J connectivity index is 2.36. The van der Waals surface area contributed by atoms with Crippen LogP contribution in [0, 0.1) is 17.0 Å². The highest BCUT2D eigenvalue weighted by molar-refractivity contribution is 7.99. The molecule has 2 rings (SSSR count). The minimum absolute atomic E-state index is 0.354. The van der Waals surface area contributed by atoms with Crippen LogP contribution in [0.4, 0.5) is 5.69 Å². The van der Waals surface area contributed by atoms with E-state index < -0.39 is 16.6 Å². The van der Waals surface area contributed by atoms with Gasteiger partial charge in [0.05, 0.1) is 4.92 Å². The molecule has 0 amide bonds. The molecule has 0 aliphatic heterocycles. The van der Waals surface area contributed by atoms with Crippen molar-refractivity contribution in [2.24, 2.45) is 0 Å². The smallest absolute Gasteiger partial charge is 0.342 e. The molecule has 0 unspecified atom stereocenters. The van der Waals surface area contributed by atoms with Crippen LogP contribution in [0.5, 0.6) is 0 Å². The van der Waals surface area contributed by atoms with Gasteiger partial charge in [0, 0.05) is 22.9 Å². The number of hydrogen-bond acceptors (Lipinski definition) is 6. The first-order valence-corrected chi connectivity index (χ1v) is 6.28. The van der Waals surface area contributed by atoms with E-state index in [2.05, 4.69) is 9.97 Å². The van der Waals surface area contributed by atoms with Crippen molar-refractivity contribution >= 4 is 23.4 Å². The van der Waals surface area contributed by atoms with Gasteiger partial charge >= 0.3 is 5.97 Å². The number of benzene rings is 1. The molecule has 0 aliphatic carbocycles. The highest BCUT2D eigenvalue weighted by atomic mass is 32.2. The van der Waals surface area contributed by atoms with E-state index in [4.69, 9.17) is 5.11 Å². The number of nitrogens with zero attached hydrogens (tertiary/aromatic N) is 3. The zero-order valence-corrected chi connectivity index (χ0v) is 11.1. The molecule has 0 aliphatic rings. The lowest BCUT2D eigenvalue weighted by atomic mass is 10.2. The van der Waals surface area contributed by atoms with Gasteiger partial charge in [-0.05, 0) is 36.9 Å². The summed E-state index contributed by atoms with van der Waals surface area (Å²) in [5, 5.41) is 20.2. The van der Waals surface area contributed by atoms with Gasteiger partial charge in [0.1, 0.15) is 5.56 Å². The number of aromatic nitrogens is 2. The maximum Gasteiger partial charge on any atom is 0.342 e. The molecule has 0 saturated heterocycles. The number of hydrogen-bond donors (Lipinski definition) is 1. The first kappa shape index (κ1) is 13.9. The highest BCUT2D eigenvalue weighted by Crippen LogP contribution is 2.29. The Morgan fingerprint density at radius 3 is 2.75 bits per heavy atom. The van der Waals surface area contributed by atoms with Gasteiger partial charge in [-0.3, -0.25) is 10.1 Å². The normalized spacial score (nSPS) is 10.2. The SMILES string of the molecule is Cc1ccnc(Sc2ccc([N+](=O)[O-])c(C(=O)O)c2)n1. The Bertz CT molecular complexity index is 690. The standard InChI is InChI=1S/C12H9N3O4S/c1-7-4-5-13-12(14-7)20-8-2-3-10(15(18)19)9(6-8)11(16)17/h2-6H,1H3,(H,16,17). The quantitative estimate of drug-likeness (QED) is 0.524. The maximum absolute atomic E-state index is 11.0. The number of rotatable bonds is 4. The molecule has 0 atom stereocenters. The van der Waals surface area contributed by atoms with E-state index in [9.17, 15) is 14.9 Å². The summed E-state index contributed by atoms with van der Waals surface area (Å²) in [5.41, 5.74) is -0.0115. The van der Waals surface area contributed by atoms with Gasteiger partial charge < -0.3 is 5.11 Å². The van der Waals surface area contributed by atoms with E-state index in [-0.39, 0.29) is 5.56 Å². The lowest BCUT2D eigenvalue weighted by molar-refractivity contribution is -0.385. The Labute approximate surface area is 117 Å². The molecule has 0 saturated carbocycles. The van der Waals surface area contributed by atoms with Crippen molar-refractivity contribution in [3.8, 4) is 0 Å². The number of carboxylic acid groups (broad SMARTS) is 1. The first-order valence-electron chi connectivity index (χ1n) is 5.46. The molecule has 0 radical (unpaired) electrons. The van der Waals surface area contributed by atoms with E-state index in [1.54, 1.807) is 12.3 Å². The average molecular weight is 291 g/mol. The monoisotopic (exact) mass is 291 g/mol. The Hall–Kier alpha value is -2.48. The third-order valence-corrected chi connectivity index (χ3v) is 3.25. The van der Waals surface area contributed by atoms with E-state index in [0.717, 1.165) is 17.5 Å². The molecule has 2 aromatic rings. The van der Waals surface area contributed by atoms with Crippen molar-refractivity contribution in [2.45, 2.75) is 17.0 Å². The summed E-state index contributed by atoms with van der Waals surface area (Å²) in [5.74, 6) is -1.34. The fourth-order valence-electron chi connectivity index (χ4n) is 1.49. The molecule has 1 aromatic carbocycles. The van der Waals surface area contributed by atoms with E-state index >= 15 is 0 Å². The van der Waals surface area contributed by atoms with Gasteiger partial charge in [0.2, 0.25) is 0 Å². The number of carbonyl (C=O) groups is 1. The summed E-state index contributed by atoms with van der Waals surface area (Å²) in [6.45, 7) is 1.81. The van der Waals surface area contributed by atoms with Crippen LogP contribution in [0.1, 0.15) is 16.1 Å². The van der Waals surface area contributed by atoms with Crippen LogP contribution in [-0.2, 0) is 0 Å². The summed E-state index contributed by atoms with van der Waals surface area (Å²) in [7, 11) is 0. The van der Waals surface area contributed by atoms with E-state index in [0.29, 0.717) is 10.1 Å². The third-order valence-electron chi connectivity index (χ3n) is 2.38. The van der Waals surface area contributed by atoms with Gasteiger partial charge in [-0.2, -0.15) is 0 Å². The highest BCUT2D eigenvalue weighted by Gasteiger charge is 2.20. The average Bonchev–Trinajstić information content (AvgIpc) is 2.38. The van der Waals surface area contributed by atoms with Crippen molar-refractivity contribution in [1.82, 2.24) is 9.97 Å². The first-order chi connectivity index (χ1) is 9.47. The summed E-state index contributed by atoms with van der Waals surface area (Å²) in [6.07, 6.45) is 1.59. The molecule has 1 N–H and O–H groups in total. The Morgan fingerprint density at radius 2 is 2.15 bits per heavy atom. The van der Waals surface area contributed by atoms with Crippen LogP contribution in [0.3, 0.4) is 0 Å². The van der Waals surface area contributed by atoms with Crippen LogP contribution < -0.4 is 0 Å². The lowest BCUT2D eigenvalue weighted by Gasteiger charge is -2.03. The minimum atomic E-state index is -1.34. The molecule has 0 bridgehead atoms. The van der Waals surface area contributed by atoms with Crippen molar-refractivity contribution in [1.29, 1.82) is 0 Å². The number of carboxylic acids is 1. The molecule has 0 spiro atoms. The number of nitro benzene ring substituents is 1. The predicted octanol–water partition coefficient (Wildman–Crippen LogP) is 2.54. The summed E-state index contributed by atoms with van der Waals surface area (Å²) in [6, 6.07) is 5.63. The molecule has 0 fully saturated rings. The largest absolute Gasteiger partial charge is 0.477 e. The van der Waals surface area contributed by atoms with Crippen LogP contribution in [0.2, 0.25) is 0 Å². The number of aryl methyl sites for hydroxylation is 1. The predicted molar refractivity (Wildman–Crippen MR) is 70.9 cm³/mol. The van der Waals surface area contributed by atoms with Crippen LogP contribution in [-0.4, -0.2) is 26.0 Å². The van der Waals surface area contributed by atoms with Crippen molar-refractivity contribution < 1.29 is 14.8 Å². The van der Waals surface area contributed by atoms with Crippen molar-refractivity contribution in [2.75, 3.05) is 0 Å². The zero-order valence-electron chi connectivity index (χ0n) is 10.3. The molecular formula is C12H9N3O4S. The van der Waals surface area contributed by atoms with Crippen molar-refractivity contribution in [3.05, 3.63) is 51.8 Å².